The summed E-state index contributed by atoms with van der Waals surface area (Å²) in [6.45, 7) is 1.77. The second kappa shape index (κ2) is 6.14. The summed E-state index contributed by atoms with van der Waals surface area (Å²) in [7, 11) is 0. The second-order valence-corrected chi connectivity index (χ2v) is 6.02. The fraction of sp³-hybridized carbons (Fsp3) is 0.294. The van der Waals surface area contributed by atoms with Gasteiger partial charge in [-0.3, -0.25) is 24.4 Å². The Kier molecular flexibility index (Phi) is 3.81. The van der Waals surface area contributed by atoms with E-state index < -0.39 is 0 Å². The monoisotopic (exact) mass is 339 g/mol. The summed E-state index contributed by atoms with van der Waals surface area (Å²) >= 11 is 0. The minimum atomic E-state index is -0.323. The van der Waals surface area contributed by atoms with E-state index in [-0.39, 0.29) is 30.8 Å². The average Bonchev–Trinajstić information content (AvgIpc) is 3.17. The van der Waals surface area contributed by atoms with Gasteiger partial charge in [-0.15, -0.1) is 0 Å². The molecule has 128 valence electrons. The molecule has 8 heteroatoms. The maximum atomic E-state index is 12.3. The summed E-state index contributed by atoms with van der Waals surface area (Å²) in [5.74, 6) is -0.954. The van der Waals surface area contributed by atoms with Crippen LogP contribution < -0.4 is 10.6 Å². The lowest BCUT2D eigenvalue weighted by Crippen LogP contribution is -2.38. The van der Waals surface area contributed by atoms with Gasteiger partial charge in [0, 0.05) is 43.9 Å². The summed E-state index contributed by atoms with van der Waals surface area (Å²) in [6.07, 6.45) is 0.810. The molecule has 0 fully saturated rings. The van der Waals surface area contributed by atoms with Gasteiger partial charge in [0.15, 0.2) is 5.69 Å². The molecule has 2 aliphatic heterocycles. The molecule has 0 unspecified atom stereocenters. The van der Waals surface area contributed by atoms with Crippen LogP contribution in [0.1, 0.15) is 42.5 Å². The number of carbonyl (C=O) groups excluding carboxylic acids is 3. The van der Waals surface area contributed by atoms with Crippen molar-refractivity contribution < 1.29 is 14.4 Å². The first-order chi connectivity index (χ1) is 12.2. The van der Waals surface area contributed by atoms with Crippen LogP contribution in [0.5, 0.6) is 0 Å². The number of nitrogens with one attached hydrogen (secondary N) is 3. The van der Waals surface area contributed by atoms with E-state index in [1.807, 2.05) is 0 Å². The van der Waals surface area contributed by atoms with E-state index >= 15 is 0 Å². The normalized spacial score (nSPS) is 15.9. The van der Waals surface area contributed by atoms with Crippen molar-refractivity contribution in [1.29, 1.82) is 0 Å². The van der Waals surface area contributed by atoms with Gasteiger partial charge in [-0.25, -0.2) is 0 Å². The summed E-state index contributed by atoms with van der Waals surface area (Å²) in [6, 6.07) is 6.72. The molecular formula is C17H17N5O3. The standard InChI is InChI=1S/C17H17N5O3/c23-15(14-12-9-18-6-5-13(12)20-21-14)19-7-8-22-16(24)10-3-1-2-4-11(10)17(22)25/h1-4,18H,5-9H2,(H,19,23)(H,20,21). The Morgan fingerprint density at radius 1 is 1.20 bits per heavy atom. The lowest BCUT2D eigenvalue weighted by molar-refractivity contribution is 0.0649. The highest BCUT2D eigenvalue weighted by atomic mass is 16.2. The molecule has 0 saturated heterocycles. The molecule has 25 heavy (non-hydrogen) atoms. The van der Waals surface area contributed by atoms with E-state index in [1.54, 1.807) is 24.3 Å². The van der Waals surface area contributed by atoms with Crippen LogP contribution in [0, 0.1) is 0 Å². The first kappa shape index (κ1) is 15.5. The van der Waals surface area contributed by atoms with Crippen molar-refractivity contribution in [3.8, 4) is 0 Å². The fourth-order valence-corrected chi connectivity index (χ4v) is 3.22. The number of aromatic amines is 1. The number of fused-ring (bicyclic) bond motifs is 2. The van der Waals surface area contributed by atoms with Crippen LogP contribution in [0.3, 0.4) is 0 Å². The lowest BCUT2D eigenvalue weighted by Gasteiger charge is -2.15. The minimum Gasteiger partial charge on any atom is -0.349 e. The van der Waals surface area contributed by atoms with E-state index in [2.05, 4.69) is 20.8 Å². The maximum absolute atomic E-state index is 12.3. The van der Waals surface area contributed by atoms with Crippen LogP contribution in [-0.4, -0.2) is 52.5 Å². The van der Waals surface area contributed by atoms with Gasteiger partial charge < -0.3 is 10.6 Å². The summed E-state index contributed by atoms with van der Waals surface area (Å²) < 4.78 is 0. The molecule has 0 saturated carbocycles. The molecular weight excluding hydrogens is 322 g/mol. The highest BCUT2D eigenvalue weighted by Crippen LogP contribution is 2.21. The summed E-state index contributed by atoms with van der Waals surface area (Å²) in [5, 5.41) is 12.9. The van der Waals surface area contributed by atoms with E-state index in [4.69, 9.17) is 0 Å². The Morgan fingerprint density at radius 3 is 2.64 bits per heavy atom. The highest BCUT2D eigenvalue weighted by Gasteiger charge is 2.34. The Bertz CT molecular complexity index is 838. The predicted molar refractivity (Wildman–Crippen MR) is 88.1 cm³/mol. The molecule has 0 bridgehead atoms. The number of carbonyl (C=O) groups is 3. The largest absolute Gasteiger partial charge is 0.349 e. The van der Waals surface area contributed by atoms with Crippen molar-refractivity contribution >= 4 is 17.7 Å². The van der Waals surface area contributed by atoms with Gasteiger partial charge in [0.1, 0.15) is 0 Å². The Labute approximate surface area is 143 Å². The number of nitrogens with zero attached hydrogens (tertiary/aromatic N) is 2. The molecule has 3 N–H and O–H groups in total. The molecule has 8 nitrogen and oxygen atoms in total. The van der Waals surface area contributed by atoms with Crippen molar-refractivity contribution in [3.63, 3.8) is 0 Å². The molecule has 0 spiro atoms. The smallest absolute Gasteiger partial charge is 0.272 e. The number of rotatable bonds is 4. The Balaban J connectivity index is 1.39. The van der Waals surface area contributed by atoms with Crippen molar-refractivity contribution in [2.45, 2.75) is 13.0 Å². The van der Waals surface area contributed by atoms with Gasteiger partial charge >= 0.3 is 0 Å². The van der Waals surface area contributed by atoms with Crippen LogP contribution in [-0.2, 0) is 13.0 Å². The fourth-order valence-electron chi connectivity index (χ4n) is 3.22. The SMILES string of the molecule is O=C(NCCN1C(=O)c2ccccc2C1=O)c1n[nH]c2c1CNCC2. The third-order valence-electron chi connectivity index (χ3n) is 4.52. The van der Waals surface area contributed by atoms with Gasteiger partial charge in [-0.05, 0) is 12.1 Å². The average molecular weight is 339 g/mol. The topological polar surface area (TPSA) is 107 Å². The Morgan fingerprint density at radius 2 is 1.92 bits per heavy atom. The van der Waals surface area contributed by atoms with Crippen molar-refractivity contribution in [3.05, 3.63) is 52.3 Å². The van der Waals surface area contributed by atoms with Crippen LogP contribution in [0.15, 0.2) is 24.3 Å². The molecule has 2 aromatic rings. The third kappa shape index (κ3) is 2.60. The van der Waals surface area contributed by atoms with Gasteiger partial charge in [0.05, 0.1) is 11.1 Å². The van der Waals surface area contributed by atoms with Crippen LogP contribution in [0.4, 0.5) is 0 Å². The van der Waals surface area contributed by atoms with Crippen LogP contribution in [0.25, 0.3) is 0 Å². The van der Waals surface area contributed by atoms with E-state index in [0.717, 1.165) is 29.1 Å². The Hall–Kier alpha value is -3.00. The summed E-state index contributed by atoms with van der Waals surface area (Å²) in [5.41, 5.74) is 3.04. The number of hydrogen-bond donors (Lipinski definition) is 3. The molecule has 3 amide bonds. The number of aromatic nitrogens is 2. The van der Waals surface area contributed by atoms with Crippen molar-refractivity contribution in [2.24, 2.45) is 0 Å². The van der Waals surface area contributed by atoms with Crippen LogP contribution in [0.2, 0.25) is 0 Å². The van der Waals surface area contributed by atoms with Gasteiger partial charge in [-0.2, -0.15) is 5.10 Å². The van der Waals surface area contributed by atoms with E-state index in [9.17, 15) is 14.4 Å². The molecule has 4 rings (SSSR count). The predicted octanol–water partition coefficient (Wildman–Crippen LogP) is 0.0814. The zero-order valence-corrected chi connectivity index (χ0v) is 13.5. The van der Waals surface area contributed by atoms with E-state index in [0.29, 0.717) is 23.4 Å². The van der Waals surface area contributed by atoms with E-state index in [1.165, 1.54) is 0 Å². The highest BCUT2D eigenvalue weighted by molar-refractivity contribution is 6.21. The summed E-state index contributed by atoms with van der Waals surface area (Å²) in [4.78, 5) is 38.0. The molecule has 0 aliphatic carbocycles. The zero-order valence-electron chi connectivity index (χ0n) is 13.5. The minimum absolute atomic E-state index is 0.128. The second-order valence-electron chi connectivity index (χ2n) is 6.02. The molecule has 2 aliphatic rings. The van der Waals surface area contributed by atoms with Gasteiger partial charge in [0.25, 0.3) is 17.7 Å². The number of benzene rings is 1. The van der Waals surface area contributed by atoms with Gasteiger partial charge in [-0.1, -0.05) is 12.1 Å². The number of H-pyrrole nitrogens is 1. The van der Waals surface area contributed by atoms with Crippen molar-refractivity contribution in [2.75, 3.05) is 19.6 Å². The maximum Gasteiger partial charge on any atom is 0.272 e. The molecule has 1 aromatic heterocycles. The molecule has 3 heterocycles. The van der Waals surface area contributed by atoms with Crippen LogP contribution >= 0.6 is 0 Å². The number of hydrogen-bond acceptors (Lipinski definition) is 5. The first-order valence-electron chi connectivity index (χ1n) is 8.17. The number of amides is 3. The lowest BCUT2D eigenvalue weighted by atomic mass is 10.1. The molecule has 0 radical (unpaired) electrons. The number of imide groups is 1. The third-order valence-corrected chi connectivity index (χ3v) is 4.52. The quantitative estimate of drug-likeness (QED) is 0.684. The van der Waals surface area contributed by atoms with Crippen molar-refractivity contribution in [1.82, 2.24) is 25.7 Å². The molecule has 1 aromatic carbocycles. The first-order valence-corrected chi connectivity index (χ1v) is 8.17. The van der Waals surface area contributed by atoms with Gasteiger partial charge in [0.2, 0.25) is 0 Å². The zero-order chi connectivity index (χ0) is 17.4. The molecule has 0 atom stereocenters.